The minimum atomic E-state index is -0.264. The number of H-pyrrole nitrogens is 1. The number of aromatic amines is 1. The fourth-order valence-electron chi connectivity index (χ4n) is 3.75. The molecule has 0 radical (unpaired) electrons. The summed E-state index contributed by atoms with van der Waals surface area (Å²) in [5, 5.41) is 17.8. The summed E-state index contributed by atoms with van der Waals surface area (Å²) >= 11 is 0. The third-order valence-electron chi connectivity index (χ3n) is 4.90. The third kappa shape index (κ3) is 1.90. The summed E-state index contributed by atoms with van der Waals surface area (Å²) in [5.74, 6) is 0.580. The molecule has 21 heavy (non-hydrogen) atoms. The van der Waals surface area contributed by atoms with Gasteiger partial charge in [0.2, 0.25) is 0 Å². The van der Waals surface area contributed by atoms with Crippen molar-refractivity contribution in [1.29, 1.82) is 0 Å². The van der Waals surface area contributed by atoms with Crippen molar-refractivity contribution >= 4 is 22.5 Å². The van der Waals surface area contributed by atoms with Crippen molar-refractivity contribution in [2.45, 2.75) is 18.9 Å². The Balaban J connectivity index is 1.64. The average Bonchev–Trinajstić information content (AvgIpc) is 3.14. The van der Waals surface area contributed by atoms with Gasteiger partial charge in [0.15, 0.2) is 5.69 Å². The Kier molecular flexibility index (Phi) is 2.68. The highest BCUT2D eigenvalue weighted by Crippen LogP contribution is 2.38. The standard InChI is InChI=1S/C15H18N4O2/c16-9-2-3-12-10(5-9)14(18-17-12)15(21)19-6-8-1-4-13(20)11(8)7-19/h2-3,5,8,11,13,20H,1,4,6-7,16H2,(H,17,18). The SMILES string of the molecule is Nc1ccc2[nH]nc(C(=O)N3CC4CCC(O)C4C3)c2c1. The van der Waals surface area contributed by atoms with Crippen LogP contribution in [0.25, 0.3) is 10.9 Å². The van der Waals surface area contributed by atoms with Gasteiger partial charge in [0.05, 0.1) is 11.6 Å². The molecule has 3 atom stereocenters. The predicted octanol–water partition coefficient (Wildman–Crippen LogP) is 0.988. The van der Waals surface area contributed by atoms with E-state index in [2.05, 4.69) is 10.2 Å². The van der Waals surface area contributed by atoms with Crippen LogP contribution in [-0.4, -0.2) is 45.3 Å². The maximum atomic E-state index is 12.7. The Bertz CT molecular complexity index is 711. The van der Waals surface area contributed by atoms with E-state index < -0.39 is 0 Å². The molecule has 2 aliphatic rings. The lowest BCUT2D eigenvalue weighted by Gasteiger charge is -2.17. The van der Waals surface area contributed by atoms with Gasteiger partial charge in [0.25, 0.3) is 5.91 Å². The number of rotatable bonds is 1. The number of anilines is 1. The molecule has 110 valence electrons. The first-order valence-corrected chi connectivity index (χ1v) is 7.34. The highest BCUT2D eigenvalue weighted by molar-refractivity contribution is 6.05. The van der Waals surface area contributed by atoms with Crippen LogP contribution in [0, 0.1) is 11.8 Å². The van der Waals surface area contributed by atoms with E-state index in [1.165, 1.54) is 0 Å². The fraction of sp³-hybridized carbons (Fsp3) is 0.467. The number of amides is 1. The van der Waals surface area contributed by atoms with Gasteiger partial charge in [-0.05, 0) is 37.0 Å². The Morgan fingerprint density at radius 3 is 3.05 bits per heavy atom. The number of hydrogen-bond acceptors (Lipinski definition) is 4. The second-order valence-corrected chi connectivity index (χ2v) is 6.16. The van der Waals surface area contributed by atoms with Crippen molar-refractivity contribution < 1.29 is 9.90 Å². The highest BCUT2D eigenvalue weighted by atomic mass is 16.3. The molecule has 3 unspecified atom stereocenters. The second-order valence-electron chi connectivity index (χ2n) is 6.16. The van der Waals surface area contributed by atoms with Gasteiger partial charge in [-0.1, -0.05) is 0 Å². The molecule has 1 saturated heterocycles. The van der Waals surface area contributed by atoms with Crippen molar-refractivity contribution in [1.82, 2.24) is 15.1 Å². The van der Waals surface area contributed by atoms with E-state index in [9.17, 15) is 9.90 Å². The monoisotopic (exact) mass is 286 g/mol. The number of nitrogen functional groups attached to an aromatic ring is 1. The van der Waals surface area contributed by atoms with Crippen LogP contribution in [0.15, 0.2) is 18.2 Å². The molecule has 1 aliphatic heterocycles. The summed E-state index contributed by atoms with van der Waals surface area (Å²) in [6.45, 7) is 1.35. The topological polar surface area (TPSA) is 95.2 Å². The molecule has 1 aliphatic carbocycles. The average molecular weight is 286 g/mol. The van der Waals surface area contributed by atoms with Crippen molar-refractivity contribution in [3.8, 4) is 0 Å². The Labute approximate surface area is 121 Å². The summed E-state index contributed by atoms with van der Waals surface area (Å²) in [4.78, 5) is 14.5. The molecule has 2 heterocycles. The number of fused-ring (bicyclic) bond motifs is 2. The van der Waals surface area contributed by atoms with Gasteiger partial charge < -0.3 is 15.7 Å². The van der Waals surface area contributed by atoms with Crippen LogP contribution in [0.4, 0.5) is 5.69 Å². The van der Waals surface area contributed by atoms with Gasteiger partial charge in [0, 0.05) is 30.1 Å². The van der Waals surface area contributed by atoms with Gasteiger partial charge in [-0.25, -0.2) is 0 Å². The maximum Gasteiger partial charge on any atom is 0.275 e. The quantitative estimate of drug-likeness (QED) is 0.681. The minimum Gasteiger partial charge on any atom is -0.399 e. The number of carbonyl (C=O) groups excluding carboxylic acids is 1. The molecule has 0 bridgehead atoms. The molecular formula is C15H18N4O2. The van der Waals surface area contributed by atoms with E-state index in [0.717, 1.165) is 30.3 Å². The van der Waals surface area contributed by atoms with Crippen molar-refractivity contribution in [3.63, 3.8) is 0 Å². The largest absolute Gasteiger partial charge is 0.399 e. The van der Waals surface area contributed by atoms with Crippen LogP contribution >= 0.6 is 0 Å². The van der Waals surface area contributed by atoms with E-state index in [1.807, 2.05) is 11.0 Å². The van der Waals surface area contributed by atoms with Crippen LogP contribution in [0.2, 0.25) is 0 Å². The number of carbonyl (C=O) groups is 1. The number of nitrogens with one attached hydrogen (secondary N) is 1. The van der Waals surface area contributed by atoms with Crippen LogP contribution in [0.3, 0.4) is 0 Å². The van der Waals surface area contributed by atoms with Crippen LogP contribution in [0.5, 0.6) is 0 Å². The molecule has 4 N–H and O–H groups in total. The summed E-state index contributed by atoms with van der Waals surface area (Å²) in [6.07, 6.45) is 1.60. The number of likely N-dealkylation sites (tertiary alicyclic amines) is 1. The molecular weight excluding hydrogens is 268 g/mol. The first kappa shape index (κ1) is 12.6. The maximum absolute atomic E-state index is 12.7. The van der Waals surface area contributed by atoms with E-state index in [4.69, 9.17) is 5.73 Å². The zero-order chi connectivity index (χ0) is 14.6. The van der Waals surface area contributed by atoms with Gasteiger partial charge in [0.1, 0.15) is 0 Å². The van der Waals surface area contributed by atoms with Gasteiger partial charge in [-0.15, -0.1) is 0 Å². The molecule has 1 amide bonds. The lowest BCUT2D eigenvalue weighted by Crippen LogP contribution is -2.31. The lowest BCUT2D eigenvalue weighted by atomic mass is 10.00. The zero-order valence-corrected chi connectivity index (χ0v) is 11.6. The Hall–Kier alpha value is -2.08. The summed E-state index contributed by atoms with van der Waals surface area (Å²) in [7, 11) is 0. The summed E-state index contributed by atoms with van der Waals surface area (Å²) < 4.78 is 0. The van der Waals surface area contributed by atoms with Gasteiger partial charge >= 0.3 is 0 Å². The van der Waals surface area contributed by atoms with E-state index in [0.29, 0.717) is 23.8 Å². The Morgan fingerprint density at radius 1 is 1.38 bits per heavy atom. The number of aromatic nitrogens is 2. The first-order chi connectivity index (χ1) is 10.1. The molecule has 6 heteroatoms. The highest BCUT2D eigenvalue weighted by Gasteiger charge is 2.43. The number of aliphatic hydroxyl groups excluding tert-OH is 1. The molecule has 0 spiro atoms. The van der Waals surface area contributed by atoms with Crippen LogP contribution in [0.1, 0.15) is 23.3 Å². The van der Waals surface area contributed by atoms with E-state index in [-0.39, 0.29) is 17.9 Å². The lowest BCUT2D eigenvalue weighted by molar-refractivity contribution is 0.0748. The number of benzene rings is 1. The number of nitrogens with two attached hydrogens (primary N) is 1. The van der Waals surface area contributed by atoms with Crippen molar-refractivity contribution in [2.24, 2.45) is 11.8 Å². The normalized spacial score (nSPS) is 28.2. The molecule has 1 aromatic carbocycles. The number of hydrogen-bond donors (Lipinski definition) is 3. The second kappa shape index (κ2) is 4.46. The Morgan fingerprint density at radius 2 is 2.24 bits per heavy atom. The molecule has 6 nitrogen and oxygen atoms in total. The molecule has 1 aromatic heterocycles. The minimum absolute atomic E-state index is 0.0755. The number of nitrogens with zero attached hydrogens (tertiary/aromatic N) is 2. The molecule has 2 fully saturated rings. The van der Waals surface area contributed by atoms with Gasteiger partial charge in [-0.3, -0.25) is 9.89 Å². The van der Waals surface area contributed by atoms with Crippen LogP contribution in [-0.2, 0) is 0 Å². The van der Waals surface area contributed by atoms with Crippen molar-refractivity contribution in [3.05, 3.63) is 23.9 Å². The summed E-state index contributed by atoms with van der Waals surface area (Å²) in [5.41, 5.74) is 7.65. The molecule has 4 rings (SSSR count). The molecule has 1 saturated carbocycles. The first-order valence-electron chi connectivity index (χ1n) is 7.34. The van der Waals surface area contributed by atoms with E-state index >= 15 is 0 Å². The van der Waals surface area contributed by atoms with Crippen LogP contribution < -0.4 is 5.73 Å². The summed E-state index contributed by atoms with van der Waals surface area (Å²) in [6, 6.07) is 5.39. The predicted molar refractivity (Wildman–Crippen MR) is 78.6 cm³/mol. The smallest absolute Gasteiger partial charge is 0.275 e. The number of aliphatic hydroxyl groups is 1. The fourth-order valence-corrected chi connectivity index (χ4v) is 3.75. The third-order valence-corrected chi connectivity index (χ3v) is 4.90. The zero-order valence-electron chi connectivity index (χ0n) is 11.6. The van der Waals surface area contributed by atoms with Crippen molar-refractivity contribution in [2.75, 3.05) is 18.8 Å². The molecule has 2 aromatic rings. The van der Waals surface area contributed by atoms with E-state index in [1.54, 1.807) is 12.1 Å². The van der Waals surface area contributed by atoms with Gasteiger partial charge in [-0.2, -0.15) is 5.10 Å².